The highest BCUT2D eigenvalue weighted by Crippen LogP contribution is 2.35. The lowest BCUT2D eigenvalue weighted by Gasteiger charge is -2.32. The molecule has 8 nitrogen and oxygen atoms in total. The van der Waals surface area contributed by atoms with Gasteiger partial charge in [0.05, 0.1) is 25.0 Å². The van der Waals surface area contributed by atoms with E-state index in [0.717, 1.165) is 13.1 Å². The van der Waals surface area contributed by atoms with Crippen molar-refractivity contribution in [2.24, 2.45) is 5.10 Å². The molecular weight excluding hydrogens is 509 g/mol. The van der Waals surface area contributed by atoms with Crippen molar-refractivity contribution in [3.05, 3.63) is 70.5 Å². The Hall–Kier alpha value is -3.01. The van der Waals surface area contributed by atoms with Gasteiger partial charge in [0, 0.05) is 54.3 Å². The van der Waals surface area contributed by atoms with E-state index in [1.165, 1.54) is 16.0 Å². The highest BCUT2D eigenvalue weighted by Gasteiger charge is 2.36. The zero-order valence-corrected chi connectivity index (χ0v) is 22.9. The number of carbonyl (C=O) groups excluding carboxylic acids is 2. The lowest BCUT2D eigenvalue weighted by molar-refractivity contribution is -0.133. The number of benzene rings is 2. The SMILES string of the molecule is CC(C)(C)NC(=O)N(CCN1CCOCC1)CC(=O)N1N=C(c2ccccc2Cl)C[C@H]1c1ccccc1F. The fourth-order valence-corrected chi connectivity index (χ4v) is 4.81. The van der Waals surface area contributed by atoms with E-state index in [1.54, 1.807) is 24.3 Å². The topological polar surface area (TPSA) is 77.5 Å². The molecule has 0 saturated carbocycles. The summed E-state index contributed by atoms with van der Waals surface area (Å²) in [6, 6.07) is 12.6. The maximum Gasteiger partial charge on any atom is 0.318 e. The van der Waals surface area contributed by atoms with E-state index in [0.29, 0.717) is 54.6 Å². The second-order valence-corrected chi connectivity index (χ2v) is 11.0. The number of ether oxygens (including phenoxy) is 1. The molecule has 2 aliphatic heterocycles. The molecule has 2 aliphatic rings. The van der Waals surface area contributed by atoms with Crippen LogP contribution in [0, 0.1) is 5.82 Å². The number of amides is 3. The first kappa shape index (κ1) is 28.0. The third-order valence-corrected chi connectivity index (χ3v) is 6.83. The fraction of sp³-hybridized carbons (Fsp3) is 0.464. The molecule has 4 rings (SSSR count). The molecular formula is C28H35ClFN5O3. The van der Waals surface area contributed by atoms with Crippen molar-refractivity contribution < 1.29 is 18.7 Å². The van der Waals surface area contributed by atoms with Crippen LogP contribution in [0.3, 0.4) is 0 Å². The molecule has 0 radical (unpaired) electrons. The monoisotopic (exact) mass is 543 g/mol. The average molecular weight is 544 g/mol. The molecule has 2 aromatic carbocycles. The molecule has 0 aromatic heterocycles. The van der Waals surface area contributed by atoms with E-state index in [-0.39, 0.29) is 12.6 Å². The third kappa shape index (κ3) is 7.09. The molecule has 204 valence electrons. The summed E-state index contributed by atoms with van der Waals surface area (Å²) >= 11 is 6.43. The minimum absolute atomic E-state index is 0.198. The summed E-state index contributed by atoms with van der Waals surface area (Å²) in [4.78, 5) is 30.7. The van der Waals surface area contributed by atoms with Crippen molar-refractivity contribution in [2.75, 3.05) is 45.9 Å². The van der Waals surface area contributed by atoms with Crippen molar-refractivity contribution in [1.82, 2.24) is 20.1 Å². The minimum Gasteiger partial charge on any atom is -0.379 e. The molecule has 1 N–H and O–H groups in total. The van der Waals surface area contributed by atoms with Crippen LogP contribution in [-0.2, 0) is 9.53 Å². The van der Waals surface area contributed by atoms with Gasteiger partial charge in [-0.05, 0) is 32.9 Å². The van der Waals surface area contributed by atoms with Crippen LogP contribution < -0.4 is 5.32 Å². The molecule has 38 heavy (non-hydrogen) atoms. The van der Waals surface area contributed by atoms with Crippen LogP contribution in [0.15, 0.2) is 53.6 Å². The van der Waals surface area contributed by atoms with Crippen LogP contribution in [0.2, 0.25) is 5.02 Å². The Labute approximate surface area is 228 Å². The molecule has 0 unspecified atom stereocenters. The minimum atomic E-state index is -0.651. The van der Waals surface area contributed by atoms with E-state index >= 15 is 0 Å². The number of hydrogen-bond donors (Lipinski definition) is 1. The van der Waals surface area contributed by atoms with Crippen LogP contribution in [-0.4, -0.2) is 83.9 Å². The second kappa shape index (κ2) is 12.2. The zero-order chi connectivity index (χ0) is 27.3. The molecule has 0 spiro atoms. The number of urea groups is 1. The Morgan fingerprint density at radius 2 is 1.82 bits per heavy atom. The molecule has 2 heterocycles. The first-order valence-corrected chi connectivity index (χ1v) is 13.3. The van der Waals surface area contributed by atoms with Gasteiger partial charge in [-0.1, -0.05) is 48.0 Å². The standard InChI is InChI=1S/C28H35ClFN5O3/c1-28(2,3)31-27(37)34(13-12-33-14-16-38-17-15-33)19-26(36)35-25(21-9-5-7-11-23(21)30)18-24(32-35)20-8-4-6-10-22(20)29/h4-11,25H,12-19H2,1-3H3,(H,31,37)/t25-/m0/s1. The summed E-state index contributed by atoms with van der Waals surface area (Å²) in [6.45, 7) is 9.27. The molecule has 0 aliphatic carbocycles. The predicted molar refractivity (Wildman–Crippen MR) is 146 cm³/mol. The Bertz CT molecular complexity index is 1180. The lowest BCUT2D eigenvalue weighted by atomic mass is 9.98. The van der Waals surface area contributed by atoms with Crippen molar-refractivity contribution in [1.29, 1.82) is 0 Å². The number of morpholine rings is 1. The number of nitrogens with zero attached hydrogens (tertiary/aromatic N) is 4. The van der Waals surface area contributed by atoms with Crippen molar-refractivity contribution in [3.63, 3.8) is 0 Å². The molecule has 0 bridgehead atoms. The molecule has 1 saturated heterocycles. The highest BCUT2D eigenvalue weighted by atomic mass is 35.5. The second-order valence-electron chi connectivity index (χ2n) is 10.6. The Morgan fingerprint density at radius 3 is 2.50 bits per heavy atom. The van der Waals surface area contributed by atoms with Gasteiger partial charge in [-0.3, -0.25) is 9.69 Å². The largest absolute Gasteiger partial charge is 0.379 e. The Morgan fingerprint density at radius 1 is 1.13 bits per heavy atom. The molecule has 2 aromatic rings. The zero-order valence-electron chi connectivity index (χ0n) is 22.1. The highest BCUT2D eigenvalue weighted by molar-refractivity contribution is 6.34. The van der Waals surface area contributed by atoms with E-state index in [4.69, 9.17) is 16.3 Å². The Kier molecular flexibility index (Phi) is 9.02. The van der Waals surface area contributed by atoms with Crippen molar-refractivity contribution in [3.8, 4) is 0 Å². The van der Waals surface area contributed by atoms with Crippen LogP contribution in [0.5, 0.6) is 0 Å². The number of hydrogen-bond acceptors (Lipinski definition) is 5. The van der Waals surface area contributed by atoms with Gasteiger partial charge >= 0.3 is 6.03 Å². The van der Waals surface area contributed by atoms with Crippen molar-refractivity contribution in [2.45, 2.75) is 38.8 Å². The lowest BCUT2D eigenvalue weighted by Crippen LogP contribution is -2.53. The van der Waals surface area contributed by atoms with Crippen LogP contribution in [0.25, 0.3) is 0 Å². The third-order valence-electron chi connectivity index (χ3n) is 6.50. The van der Waals surface area contributed by atoms with Crippen LogP contribution >= 0.6 is 11.6 Å². The van der Waals surface area contributed by atoms with Crippen LogP contribution in [0.4, 0.5) is 9.18 Å². The Balaban J connectivity index is 1.59. The maximum atomic E-state index is 14.9. The van der Waals surface area contributed by atoms with Gasteiger partial charge in [-0.15, -0.1) is 0 Å². The van der Waals surface area contributed by atoms with Gasteiger partial charge in [0.25, 0.3) is 5.91 Å². The quantitative estimate of drug-likeness (QED) is 0.565. The van der Waals surface area contributed by atoms with Gasteiger partial charge in [0.2, 0.25) is 0 Å². The average Bonchev–Trinajstić information content (AvgIpc) is 3.31. The molecule has 1 fully saturated rings. The van der Waals surface area contributed by atoms with E-state index in [2.05, 4.69) is 15.3 Å². The predicted octanol–water partition coefficient (Wildman–Crippen LogP) is 4.30. The van der Waals surface area contributed by atoms with Gasteiger partial charge < -0.3 is 15.0 Å². The normalized spacial score (nSPS) is 18.3. The number of halogens is 2. The number of nitrogens with one attached hydrogen (secondary N) is 1. The van der Waals surface area contributed by atoms with Gasteiger partial charge in [-0.25, -0.2) is 14.2 Å². The van der Waals surface area contributed by atoms with Gasteiger partial charge in [0.1, 0.15) is 12.4 Å². The summed E-state index contributed by atoms with van der Waals surface area (Å²) in [7, 11) is 0. The van der Waals surface area contributed by atoms with Gasteiger partial charge in [-0.2, -0.15) is 5.10 Å². The van der Waals surface area contributed by atoms with E-state index in [9.17, 15) is 14.0 Å². The smallest absolute Gasteiger partial charge is 0.318 e. The van der Waals surface area contributed by atoms with Crippen LogP contribution in [0.1, 0.15) is 44.4 Å². The van der Waals surface area contributed by atoms with Gasteiger partial charge in [0.15, 0.2) is 0 Å². The fourth-order valence-electron chi connectivity index (χ4n) is 4.56. The first-order chi connectivity index (χ1) is 18.1. The summed E-state index contributed by atoms with van der Waals surface area (Å²) in [5.74, 6) is -0.813. The number of carbonyl (C=O) groups is 2. The summed E-state index contributed by atoms with van der Waals surface area (Å²) < 4.78 is 20.3. The van der Waals surface area contributed by atoms with E-state index < -0.39 is 23.3 Å². The summed E-state index contributed by atoms with van der Waals surface area (Å²) in [6.07, 6.45) is 0.304. The number of rotatable bonds is 7. The molecule has 1 atom stereocenters. The number of hydrazone groups is 1. The molecule has 10 heteroatoms. The van der Waals surface area contributed by atoms with E-state index in [1.807, 2.05) is 39.0 Å². The van der Waals surface area contributed by atoms with Crippen molar-refractivity contribution >= 4 is 29.3 Å². The summed E-state index contributed by atoms with van der Waals surface area (Å²) in [5, 5.41) is 9.39. The first-order valence-electron chi connectivity index (χ1n) is 12.9. The maximum absolute atomic E-state index is 14.9. The molecule has 3 amide bonds. The summed E-state index contributed by atoms with van der Waals surface area (Å²) in [5.41, 5.74) is 1.18.